The van der Waals surface area contributed by atoms with Crippen LogP contribution in [-0.2, 0) is 35.9 Å². The zero-order valence-electron chi connectivity index (χ0n) is 31.8. The van der Waals surface area contributed by atoms with E-state index in [0.29, 0.717) is 43.3 Å². The molecule has 6 atom stereocenters. The Bertz CT molecular complexity index is 1350. The number of rotatable bonds is 21. The minimum absolute atomic E-state index is 0.00702. The number of fused-ring (bicyclic) bond motifs is 1. The van der Waals surface area contributed by atoms with E-state index in [0.717, 1.165) is 93.9 Å². The summed E-state index contributed by atoms with van der Waals surface area (Å²) in [6.07, 6.45) is 9.04. The topological polar surface area (TPSA) is 105 Å². The van der Waals surface area contributed by atoms with E-state index < -0.39 is 36.3 Å². The van der Waals surface area contributed by atoms with Gasteiger partial charge in [0.05, 0.1) is 13.7 Å². The van der Waals surface area contributed by atoms with Crippen molar-refractivity contribution >= 4 is 0 Å². The van der Waals surface area contributed by atoms with Crippen molar-refractivity contribution in [2.75, 3.05) is 40.1 Å². The molecule has 2 aliphatic heterocycles. The number of aliphatic hydroxyl groups excluding tert-OH is 1. The number of benzene rings is 2. The van der Waals surface area contributed by atoms with E-state index in [9.17, 15) is 10.2 Å². The molecule has 2 heterocycles. The molecule has 1 saturated heterocycles. The Balaban J connectivity index is 1.52. The van der Waals surface area contributed by atoms with Gasteiger partial charge in [0.15, 0.2) is 0 Å². The first-order chi connectivity index (χ1) is 24.8. The molecule has 0 aromatic heterocycles. The van der Waals surface area contributed by atoms with Crippen molar-refractivity contribution in [1.29, 1.82) is 0 Å². The highest BCUT2D eigenvalue weighted by molar-refractivity contribution is 5.47. The lowest BCUT2D eigenvalue weighted by molar-refractivity contribution is -0.375. The number of hydrogen-bond acceptors (Lipinski definition) is 9. The lowest BCUT2D eigenvalue weighted by Crippen LogP contribution is -2.66. The van der Waals surface area contributed by atoms with Crippen molar-refractivity contribution < 1.29 is 43.4 Å². The number of unbranched alkanes of at least 4 members (excludes halogenated alkanes) is 4. The molecule has 2 N–H and O–H groups in total. The number of aryl methyl sites for hydroxylation is 1. The third kappa shape index (κ3) is 9.47. The summed E-state index contributed by atoms with van der Waals surface area (Å²) >= 11 is 0. The molecule has 5 rings (SSSR count). The molecule has 2 aromatic rings. The van der Waals surface area contributed by atoms with Gasteiger partial charge in [0.2, 0.25) is 5.79 Å². The molecule has 1 spiro atoms. The number of hydrogen-bond donors (Lipinski definition) is 2. The number of ether oxygens (including phenoxy) is 7. The Morgan fingerprint density at radius 1 is 0.804 bits per heavy atom. The Kier molecular flexibility index (Phi) is 15.0. The van der Waals surface area contributed by atoms with Crippen molar-refractivity contribution in [2.24, 2.45) is 0 Å². The average Bonchev–Trinajstić information content (AvgIpc) is 3.13. The van der Waals surface area contributed by atoms with Crippen molar-refractivity contribution in [2.45, 2.75) is 153 Å². The van der Waals surface area contributed by atoms with Gasteiger partial charge in [-0.25, -0.2) is 0 Å². The van der Waals surface area contributed by atoms with Gasteiger partial charge < -0.3 is 43.4 Å². The molecular formula is C42H64O9. The molecule has 2 fully saturated rings. The fourth-order valence-corrected chi connectivity index (χ4v) is 7.44. The monoisotopic (exact) mass is 712 g/mol. The third-order valence-corrected chi connectivity index (χ3v) is 10.8. The first-order valence-corrected chi connectivity index (χ1v) is 19.8. The van der Waals surface area contributed by atoms with Gasteiger partial charge in [0.1, 0.15) is 47.6 Å². The maximum atomic E-state index is 12.9. The zero-order valence-corrected chi connectivity index (χ0v) is 31.8. The van der Waals surface area contributed by atoms with Gasteiger partial charge in [0.25, 0.3) is 0 Å². The van der Waals surface area contributed by atoms with E-state index in [1.807, 2.05) is 18.2 Å². The highest BCUT2D eigenvalue weighted by atomic mass is 16.7. The third-order valence-electron chi connectivity index (χ3n) is 10.8. The second-order valence-electron chi connectivity index (χ2n) is 14.7. The van der Waals surface area contributed by atoms with Crippen LogP contribution in [-0.4, -0.2) is 80.4 Å². The van der Waals surface area contributed by atoms with Crippen molar-refractivity contribution in [1.82, 2.24) is 0 Å². The van der Waals surface area contributed by atoms with Gasteiger partial charge in [-0.3, -0.25) is 0 Å². The maximum absolute atomic E-state index is 12.9. The Morgan fingerprint density at radius 3 is 2.12 bits per heavy atom. The molecule has 9 heteroatoms. The lowest BCUT2D eigenvalue weighted by Gasteiger charge is -2.50. The van der Waals surface area contributed by atoms with Crippen molar-refractivity contribution in [3.05, 3.63) is 58.7 Å². The van der Waals surface area contributed by atoms with Crippen LogP contribution in [0.1, 0.15) is 133 Å². The first kappa shape index (κ1) is 40.0. The summed E-state index contributed by atoms with van der Waals surface area (Å²) < 4.78 is 44.8. The van der Waals surface area contributed by atoms with Crippen LogP contribution < -0.4 is 9.47 Å². The molecule has 286 valence electrons. The van der Waals surface area contributed by atoms with Gasteiger partial charge in [-0.2, -0.15) is 0 Å². The van der Waals surface area contributed by atoms with Gasteiger partial charge in [-0.1, -0.05) is 59.4 Å². The van der Waals surface area contributed by atoms with Crippen LogP contribution in [0.2, 0.25) is 0 Å². The van der Waals surface area contributed by atoms with Crippen LogP contribution in [0.3, 0.4) is 0 Å². The van der Waals surface area contributed by atoms with Crippen LogP contribution in [0.4, 0.5) is 0 Å². The molecule has 0 bridgehead atoms. The Morgan fingerprint density at radius 2 is 1.47 bits per heavy atom. The fraction of sp³-hybridized carbons (Fsp3) is 0.714. The fourth-order valence-electron chi connectivity index (χ4n) is 7.44. The highest BCUT2D eigenvalue weighted by Gasteiger charge is 2.57. The normalized spacial score (nSPS) is 25.9. The summed E-state index contributed by atoms with van der Waals surface area (Å²) in [6, 6.07) is 11.3. The van der Waals surface area contributed by atoms with E-state index >= 15 is 0 Å². The molecule has 0 amide bonds. The molecular weight excluding hydrogens is 648 g/mol. The smallest absolute Gasteiger partial charge is 0.222 e. The van der Waals surface area contributed by atoms with Gasteiger partial charge in [-0.15, -0.1) is 0 Å². The van der Waals surface area contributed by atoms with Crippen molar-refractivity contribution in [3.8, 4) is 11.5 Å². The second-order valence-corrected chi connectivity index (χ2v) is 14.7. The SMILES string of the molecule is CCCCOC[C@H]1OC(O)(c2ccc(OC)c(C(O)c3ccc4c(c3)CCC3(CCC3)O4)c2)[C@H](OCCCC)C(OCCCC)[C@@H]1OCCCC. The zero-order chi connectivity index (χ0) is 36.3. The lowest BCUT2D eigenvalue weighted by atomic mass is 9.74. The summed E-state index contributed by atoms with van der Waals surface area (Å²) in [5.41, 5.74) is 2.79. The molecule has 3 aliphatic rings. The van der Waals surface area contributed by atoms with E-state index in [1.54, 1.807) is 25.3 Å². The molecule has 9 nitrogen and oxygen atoms in total. The quantitative estimate of drug-likeness (QED) is 0.125. The minimum atomic E-state index is -1.93. The number of aliphatic hydroxyl groups is 2. The molecule has 0 radical (unpaired) electrons. The van der Waals surface area contributed by atoms with Crippen LogP contribution in [0, 0.1) is 0 Å². The van der Waals surface area contributed by atoms with Gasteiger partial charge in [0, 0.05) is 37.6 Å². The first-order valence-electron chi connectivity index (χ1n) is 19.8. The molecule has 1 aliphatic carbocycles. The predicted octanol–water partition coefficient (Wildman–Crippen LogP) is 7.94. The molecule has 51 heavy (non-hydrogen) atoms. The average molecular weight is 713 g/mol. The summed E-state index contributed by atoms with van der Waals surface area (Å²) in [5.74, 6) is -0.519. The van der Waals surface area contributed by atoms with Crippen LogP contribution in [0.5, 0.6) is 11.5 Å². The van der Waals surface area contributed by atoms with Crippen LogP contribution >= 0.6 is 0 Å². The van der Waals surface area contributed by atoms with E-state index in [-0.39, 0.29) is 12.2 Å². The number of methoxy groups -OCH3 is 1. The Labute approximate surface area is 306 Å². The summed E-state index contributed by atoms with van der Waals surface area (Å²) in [6.45, 7) is 10.8. The van der Waals surface area contributed by atoms with Crippen molar-refractivity contribution in [3.63, 3.8) is 0 Å². The Hall–Kier alpha value is -2.24. The largest absolute Gasteiger partial charge is 0.496 e. The summed E-state index contributed by atoms with van der Waals surface area (Å²) in [5, 5.41) is 24.8. The minimum Gasteiger partial charge on any atom is -0.496 e. The van der Waals surface area contributed by atoms with Gasteiger partial charge in [-0.05, 0) is 99.2 Å². The molecule has 3 unspecified atom stereocenters. The van der Waals surface area contributed by atoms with E-state index in [2.05, 4.69) is 27.7 Å². The molecule has 2 aromatic carbocycles. The highest BCUT2D eigenvalue weighted by Crippen LogP contribution is 2.47. The standard InChI is InChI=1S/C42H64O9/c1-6-10-23-46-29-36-38(47-24-11-7-2)39(48-25-12-8-3)40(49-26-13-9-4)42(44,51-36)32-16-18-35(45-5)33(28-32)37(43)31-15-17-34-30(27-31)19-22-41(50-34)20-14-21-41/h15-18,27-28,36-40,43-44H,6-14,19-26,29H2,1-5H3/t36-,37?,38-,39?,40-,42?/m1/s1. The second kappa shape index (κ2) is 19.2. The van der Waals surface area contributed by atoms with E-state index in [4.69, 9.17) is 33.2 Å². The summed E-state index contributed by atoms with van der Waals surface area (Å²) in [7, 11) is 1.59. The summed E-state index contributed by atoms with van der Waals surface area (Å²) in [4.78, 5) is 0. The molecule has 1 saturated carbocycles. The van der Waals surface area contributed by atoms with E-state index in [1.165, 1.54) is 6.42 Å². The maximum Gasteiger partial charge on any atom is 0.222 e. The van der Waals surface area contributed by atoms with Crippen LogP contribution in [0.25, 0.3) is 0 Å². The van der Waals surface area contributed by atoms with Crippen LogP contribution in [0.15, 0.2) is 36.4 Å². The predicted molar refractivity (Wildman–Crippen MR) is 197 cm³/mol. The van der Waals surface area contributed by atoms with Gasteiger partial charge >= 0.3 is 0 Å².